The molecule has 1 fully saturated rings. The van der Waals surface area contributed by atoms with Crippen molar-refractivity contribution in [1.29, 1.82) is 0 Å². The molecule has 0 aliphatic carbocycles. The van der Waals surface area contributed by atoms with Crippen molar-refractivity contribution in [3.63, 3.8) is 0 Å². The number of aryl methyl sites for hydroxylation is 1. The van der Waals surface area contributed by atoms with Crippen molar-refractivity contribution in [3.05, 3.63) is 16.1 Å². The average molecular weight is 269 g/mol. The molecule has 1 aromatic heterocycles. The van der Waals surface area contributed by atoms with Gasteiger partial charge in [-0.25, -0.2) is 4.98 Å². The summed E-state index contributed by atoms with van der Waals surface area (Å²) in [5.74, 6) is 0. The van der Waals surface area contributed by atoms with E-state index < -0.39 is 0 Å². The number of aliphatic hydroxyl groups excluding tert-OH is 1. The highest BCUT2D eigenvalue weighted by Gasteiger charge is 2.22. The second kappa shape index (κ2) is 6.61. The predicted molar refractivity (Wildman–Crippen MR) is 74.9 cm³/mol. The molecule has 0 radical (unpaired) electrons. The van der Waals surface area contributed by atoms with Crippen LogP contribution >= 0.6 is 11.3 Å². The van der Waals surface area contributed by atoms with E-state index in [0.717, 1.165) is 44.2 Å². The monoisotopic (exact) mass is 269 g/mol. The van der Waals surface area contributed by atoms with E-state index in [-0.39, 0.29) is 6.61 Å². The van der Waals surface area contributed by atoms with Gasteiger partial charge in [0.2, 0.25) is 0 Å². The fraction of sp³-hybridized carbons (Fsp3) is 0.769. The molecule has 1 atom stereocenters. The molecule has 1 aromatic rings. The van der Waals surface area contributed by atoms with Crippen molar-refractivity contribution in [2.24, 2.45) is 0 Å². The summed E-state index contributed by atoms with van der Waals surface area (Å²) in [4.78, 5) is 9.37. The van der Waals surface area contributed by atoms with Crippen molar-refractivity contribution in [2.45, 2.75) is 32.9 Å². The van der Waals surface area contributed by atoms with E-state index in [1.54, 1.807) is 11.3 Å². The van der Waals surface area contributed by atoms with Crippen molar-refractivity contribution in [1.82, 2.24) is 14.8 Å². The first-order valence-corrected chi connectivity index (χ1v) is 7.59. The van der Waals surface area contributed by atoms with Gasteiger partial charge >= 0.3 is 0 Å². The number of aromatic nitrogens is 1. The molecule has 0 saturated carbocycles. The van der Waals surface area contributed by atoms with Gasteiger partial charge in [-0.2, -0.15) is 0 Å². The molecular formula is C13H23N3OS. The fourth-order valence-corrected chi connectivity index (χ4v) is 3.10. The minimum Gasteiger partial charge on any atom is -0.395 e. The van der Waals surface area contributed by atoms with Crippen LogP contribution in [0.15, 0.2) is 5.38 Å². The maximum Gasteiger partial charge on any atom is 0.0897 e. The molecule has 1 unspecified atom stereocenters. The molecule has 0 bridgehead atoms. The maximum absolute atomic E-state index is 9.32. The summed E-state index contributed by atoms with van der Waals surface area (Å²) < 4.78 is 0. The van der Waals surface area contributed by atoms with Gasteiger partial charge < -0.3 is 5.11 Å². The third kappa shape index (κ3) is 3.51. The third-order valence-electron chi connectivity index (χ3n) is 3.66. The van der Waals surface area contributed by atoms with Gasteiger partial charge in [-0.05, 0) is 13.3 Å². The molecule has 1 N–H and O–H groups in total. The third-order valence-corrected chi connectivity index (χ3v) is 4.48. The van der Waals surface area contributed by atoms with Crippen LogP contribution < -0.4 is 0 Å². The van der Waals surface area contributed by atoms with Crippen LogP contribution in [0.5, 0.6) is 0 Å². The lowest BCUT2D eigenvalue weighted by Gasteiger charge is -2.38. The van der Waals surface area contributed by atoms with Gasteiger partial charge in [0.25, 0.3) is 0 Å². The van der Waals surface area contributed by atoms with Crippen molar-refractivity contribution in [2.75, 3.05) is 32.8 Å². The summed E-state index contributed by atoms with van der Waals surface area (Å²) in [6.45, 7) is 9.71. The second-order valence-corrected chi connectivity index (χ2v) is 5.98. The number of hydrogen-bond acceptors (Lipinski definition) is 5. The molecule has 0 spiro atoms. The minimum atomic E-state index is 0.280. The van der Waals surface area contributed by atoms with Crippen LogP contribution in [0, 0.1) is 6.92 Å². The Bertz CT molecular complexity index is 357. The number of aliphatic hydroxyl groups is 1. The van der Waals surface area contributed by atoms with Gasteiger partial charge in [0.05, 0.1) is 17.3 Å². The molecular weight excluding hydrogens is 246 g/mol. The Kier molecular flexibility index (Phi) is 5.12. The van der Waals surface area contributed by atoms with Crippen molar-refractivity contribution >= 4 is 11.3 Å². The Balaban J connectivity index is 1.79. The lowest BCUT2D eigenvalue weighted by Crippen LogP contribution is -2.50. The Morgan fingerprint density at radius 2 is 2.11 bits per heavy atom. The van der Waals surface area contributed by atoms with E-state index in [9.17, 15) is 5.11 Å². The molecule has 1 aliphatic heterocycles. The number of thiazole rings is 1. The lowest BCUT2D eigenvalue weighted by molar-refractivity contribution is 0.0604. The Labute approximate surface area is 113 Å². The molecule has 0 amide bonds. The molecule has 5 heteroatoms. The lowest BCUT2D eigenvalue weighted by atomic mass is 10.1. The summed E-state index contributed by atoms with van der Waals surface area (Å²) in [5.41, 5.74) is 1.19. The molecule has 4 nitrogen and oxygen atoms in total. The van der Waals surface area contributed by atoms with Crippen LogP contribution in [0.2, 0.25) is 0 Å². The van der Waals surface area contributed by atoms with Gasteiger partial charge in [0.15, 0.2) is 0 Å². The van der Waals surface area contributed by atoms with Crippen molar-refractivity contribution in [3.8, 4) is 0 Å². The zero-order valence-corrected chi connectivity index (χ0v) is 12.1. The standard InChI is InChI=1S/C13H23N3OS/c1-3-13(9-17)16-6-4-15(5-7-16)8-12-10-18-11(2)14-12/h10,13,17H,3-9H2,1-2H3. The van der Waals surface area contributed by atoms with Crippen LogP contribution in [0.3, 0.4) is 0 Å². The van der Waals surface area contributed by atoms with Gasteiger partial charge in [-0.3, -0.25) is 9.80 Å². The van der Waals surface area contributed by atoms with Crippen LogP contribution in [-0.4, -0.2) is 58.7 Å². The Hall–Kier alpha value is -0.490. The molecule has 1 saturated heterocycles. The largest absolute Gasteiger partial charge is 0.395 e. The Morgan fingerprint density at radius 3 is 2.61 bits per heavy atom. The van der Waals surface area contributed by atoms with Gasteiger partial charge in [0, 0.05) is 44.1 Å². The van der Waals surface area contributed by atoms with E-state index in [4.69, 9.17) is 0 Å². The first kappa shape index (κ1) is 13.9. The summed E-state index contributed by atoms with van der Waals surface area (Å²) in [6.07, 6.45) is 1.03. The maximum atomic E-state index is 9.32. The number of nitrogens with zero attached hydrogens (tertiary/aromatic N) is 3. The van der Waals surface area contributed by atoms with Crippen LogP contribution in [-0.2, 0) is 6.54 Å². The van der Waals surface area contributed by atoms with Crippen molar-refractivity contribution < 1.29 is 5.11 Å². The minimum absolute atomic E-state index is 0.280. The molecule has 0 aromatic carbocycles. The topological polar surface area (TPSA) is 39.6 Å². The Morgan fingerprint density at radius 1 is 1.39 bits per heavy atom. The summed E-state index contributed by atoms with van der Waals surface area (Å²) >= 11 is 1.72. The van der Waals surface area contributed by atoms with Crippen LogP contribution in [0.25, 0.3) is 0 Å². The van der Waals surface area contributed by atoms with Gasteiger partial charge in [-0.15, -0.1) is 11.3 Å². The summed E-state index contributed by atoms with van der Waals surface area (Å²) in [5, 5.41) is 12.6. The number of piperazine rings is 1. The molecule has 18 heavy (non-hydrogen) atoms. The molecule has 1 aliphatic rings. The number of rotatable bonds is 5. The highest BCUT2D eigenvalue weighted by Crippen LogP contribution is 2.14. The second-order valence-electron chi connectivity index (χ2n) is 4.91. The van der Waals surface area contributed by atoms with E-state index in [1.165, 1.54) is 5.69 Å². The van der Waals surface area contributed by atoms with E-state index in [2.05, 4.69) is 34.0 Å². The first-order valence-electron chi connectivity index (χ1n) is 6.71. The highest BCUT2D eigenvalue weighted by molar-refractivity contribution is 7.09. The summed E-state index contributed by atoms with van der Waals surface area (Å²) in [7, 11) is 0. The zero-order chi connectivity index (χ0) is 13.0. The molecule has 102 valence electrons. The SMILES string of the molecule is CCC(CO)N1CCN(Cc2csc(C)n2)CC1. The first-order chi connectivity index (χ1) is 8.72. The van der Waals surface area contributed by atoms with E-state index >= 15 is 0 Å². The van der Waals surface area contributed by atoms with E-state index in [1.807, 2.05) is 0 Å². The average Bonchev–Trinajstić information content (AvgIpc) is 2.78. The molecule has 2 heterocycles. The quantitative estimate of drug-likeness (QED) is 0.875. The van der Waals surface area contributed by atoms with Crippen LogP contribution in [0.4, 0.5) is 0 Å². The highest BCUT2D eigenvalue weighted by atomic mass is 32.1. The van der Waals surface area contributed by atoms with Crippen LogP contribution in [0.1, 0.15) is 24.0 Å². The zero-order valence-electron chi connectivity index (χ0n) is 11.3. The van der Waals surface area contributed by atoms with Gasteiger partial charge in [-0.1, -0.05) is 6.92 Å². The smallest absolute Gasteiger partial charge is 0.0897 e. The molecule has 2 rings (SSSR count). The fourth-order valence-electron chi connectivity index (χ4n) is 2.50. The van der Waals surface area contributed by atoms with Gasteiger partial charge in [0.1, 0.15) is 0 Å². The predicted octanol–water partition coefficient (Wildman–Crippen LogP) is 1.34. The summed E-state index contributed by atoms with van der Waals surface area (Å²) in [6, 6.07) is 0.341. The normalized spacial score (nSPS) is 20.2. The number of hydrogen-bond donors (Lipinski definition) is 1. The van der Waals surface area contributed by atoms with E-state index in [0.29, 0.717) is 6.04 Å².